The first-order valence-electron chi connectivity index (χ1n) is 5.85. The van der Waals surface area contributed by atoms with Crippen molar-refractivity contribution in [1.29, 1.82) is 5.26 Å². The molecule has 2 rings (SSSR count). The van der Waals surface area contributed by atoms with E-state index in [1.165, 1.54) is 0 Å². The van der Waals surface area contributed by atoms with E-state index in [1.807, 2.05) is 13.0 Å². The molecule has 1 N–H and O–H groups in total. The zero-order valence-corrected chi connectivity index (χ0v) is 11.5. The number of rotatable bonds is 3. The fraction of sp³-hybridized carbons (Fsp3) is 0.286. The van der Waals surface area contributed by atoms with E-state index in [0.29, 0.717) is 40.1 Å². The monoisotopic (exact) mass is 276 g/mol. The van der Waals surface area contributed by atoms with Crippen molar-refractivity contribution in [2.45, 2.75) is 19.8 Å². The Hall–Kier alpha value is -1.99. The molecule has 0 atom stereocenters. The van der Waals surface area contributed by atoms with E-state index in [0.717, 1.165) is 5.69 Å². The lowest BCUT2D eigenvalue weighted by molar-refractivity contribution is 0.419. The highest BCUT2D eigenvalue weighted by molar-refractivity contribution is 6.35. The maximum atomic E-state index is 12.5. The van der Waals surface area contributed by atoms with Gasteiger partial charge >= 0.3 is 0 Å². The van der Waals surface area contributed by atoms with Crippen LogP contribution in [0.15, 0.2) is 16.9 Å². The minimum Gasteiger partial charge on any atom is -0.495 e. The zero-order chi connectivity index (χ0) is 14.0. The van der Waals surface area contributed by atoms with E-state index in [1.54, 1.807) is 19.2 Å². The third kappa shape index (κ3) is 2.29. The molecule has 4 nitrogen and oxygen atoms in total. The van der Waals surface area contributed by atoms with Gasteiger partial charge in [0.05, 0.1) is 29.1 Å². The van der Waals surface area contributed by atoms with Gasteiger partial charge in [-0.3, -0.25) is 4.79 Å². The number of hydrogen-bond donors (Lipinski definition) is 1. The lowest BCUT2D eigenvalue weighted by Crippen LogP contribution is -2.14. The van der Waals surface area contributed by atoms with E-state index in [4.69, 9.17) is 21.6 Å². The van der Waals surface area contributed by atoms with Gasteiger partial charge in [0.25, 0.3) is 0 Å². The van der Waals surface area contributed by atoms with Crippen LogP contribution in [0.1, 0.15) is 17.7 Å². The van der Waals surface area contributed by atoms with Gasteiger partial charge in [-0.2, -0.15) is 5.26 Å². The molecule has 0 aliphatic carbocycles. The lowest BCUT2D eigenvalue weighted by atomic mass is 10.0. The van der Waals surface area contributed by atoms with Crippen LogP contribution in [0.4, 0.5) is 0 Å². The Balaban J connectivity index is 2.81. The molecule has 19 heavy (non-hydrogen) atoms. The SMILES string of the molecule is COc1ccc(Cl)c2c(=O)c(CCC#N)c(C)[nH]c12. The number of nitriles is 1. The van der Waals surface area contributed by atoms with Gasteiger partial charge in [-0.15, -0.1) is 0 Å². The molecule has 0 radical (unpaired) electrons. The fourth-order valence-electron chi connectivity index (χ4n) is 2.14. The van der Waals surface area contributed by atoms with Crippen molar-refractivity contribution in [2.75, 3.05) is 7.11 Å². The predicted octanol–water partition coefficient (Wildman–Crippen LogP) is 2.95. The van der Waals surface area contributed by atoms with Crippen molar-refractivity contribution in [1.82, 2.24) is 4.98 Å². The summed E-state index contributed by atoms with van der Waals surface area (Å²) in [5, 5.41) is 9.45. The largest absolute Gasteiger partial charge is 0.495 e. The Morgan fingerprint density at radius 3 is 2.84 bits per heavy atom. The minimum absolute atomic E-state index is 0.134. The predicted molar refractivity (Wildman–Crippen MR) is 74.8 cm³/mol. The molecule has 1 aromatic carbocycles. The average Bonchev–Trinajstić information content (AvgIpc) is 2.38. The third-order valence-corrected chi connectivity index (χ3v) is 3.40. The minimum atomic E-state index is -0.134. The number of fused-ring (bicyclic) bond motifs is 1. The third-order valence-electron chi connectivity index (χ3n) is 3.09. The van der Waals surface area contributed by atoms with Crippen molar-refractivity contribution in [2.24, 2.45) is 0 Å². The molecule has 0 amide bonds. The summed E-state index contributed by atoms with van der Waals surface area (Å²) in [4.78, 5) is 15.6. The number of nitrogens with zero attached hydrogens (tertiary/aromatic N) is 1. The molecule has 0 saturated heterocycles. The van der Waals surface area contributed by atoms with Gasteiger partial charge in [-0.25, -0.2) is 0 Å². The highest BCUT2D eigenvalue weighted by Gasteiger charge is 2.14. The Kier molecular flexibility index (Phi) is 3.77. The van der Waals surface area contributed by atoms with Crippen LogP contribution >= 0.6 is 11.6 Å². The number of hydrogen-bond acceptors (Lipinski definition) is 3. The summed E-state index contributed by atoms with van der Waals surface area (Å²) in [6.07, 6.45) is 0.720. The molecule has 0 unspecified atom stereocenters. The zero-order valence-electron chi connectivity index (χ0n) is 10.7. The Labute approximate surface area is 115 Å². The number of halogens is 1. The van der Waals surface area contributed by atoms with Crippen LogP contribution < -0.4 is 10.2 Å². The summed E-state index contributed by atoms with van der Waals surface area (Å²) in [6, 6.07) is 5.40. The van der Waals surface area contributed by atoms with Crippen molar-refractivity contribution >= 4 is 22.5 Å². The number of benzene rings is 1. The second-order valence-corrected chi connectivity index (χ2v) is 4.62. The first-order valence-corrected chi connectivity index (χ1v) is 6.22. The topological polar surface area (TPSA) is 65.9 Å². The van der Waals surface area contributed by atoms with Gasteiger partial charge in [0, 0.05) is 17.7 Å². The van der Waals surface area contributed by atoms with Crippen molar-refractivity contribution in [3.05, 3.63) is 38.6 Å². The molecular formula is C14H13ClN2O2. The van der Waals surface area contributed by atoms with Crippen LogP contribution in [0.2, 0.25) is 5.02 Å². The molecule has 1 heterocycles. The highest BCUT2D eigenvalue weighted by atomic mass is 35.5. The molecule has 0 spiro atoms. The normalized spacial score (nSPS) is 10.4. The Morgan fingerprint density at radius 2 is 2.21 bits per heavy atom. The molecule has 98 valence electrons. The van der Waals surface area contributed by atoms with E-state index < -0.39 is 0 Å². The number of nitrogens with one attached hydrogen (secondary N) is 1. The summed E-state index contributed by atoms with van der Waals surface area (Å²) in [5.74, 6) is 0.575. The van der Waals surface area contributed by atoms with Crippen molar-refractivity contribution in [3.8, 4) is 11.8 Å². The number of aromatic amines is 1. The molecule has 2 aromatic rings. The van der Waals surface area contributed by atoms with E-state index in [9.17, 15) is 4.79 Å². The second-order valence-electron chi connectivity index (χ2n) is 4.22. The van der Waals surface area contributed by atoms with Gasteiger partial charge in [0.1, 0.15) is 5.75 Å². The fourth-order valence-corrected chi connectivity index (χ4v) is 2.38. The first-order chi connectivity index (χ1) is 9.10. The second kappa shape index (κ2) is 5.33. The van der Waals surface area contributed by atoms with Gasteiger partial charge in [-0.05, 0) is 25.5 Å². The number of pyridine rings is 1. The molecule has 0 fully saturated rings. The van der Waals surface area contributed by atoms with Crippen LogP contribution in [-0.4, -0.2) is 12.1 Å². The first kappa shape index (κ1) is 13.4. The van der Waals surface area contributed by atoms with Crippen LogP contribution in [-0.2, 0) is 6.42 Å². The summed E-state index contributed by atoms with van der Waals surface area (Å²) in [7, 11) is 1.54. The van der Waals surface area contributed by atoms with Gasteiger partial charge < -0.3 is 9.72 Å². The molecule has 0 aliphatic heterocycles. The van der Waals surface area contributed by atoms with Gasteiger partial charge in [-0.1, -0.05) is 11.6 Å². The molecular weight excluding hydrogens is 264 g/mol. The van der Waals surface area contributed by atoms with Crippen molar-refractivity contribution < 1.29 is 4.74 Å². The number of aryl methyl sites for hydroxylation is 1. The molecule has 0 bridgehead atoms. The van der Waals surface area contributed by atoms with E-state index >= 15 is 0 Å². The van der Waals surface area contributed by atoms with Gasteiger partial charge in [0.2, 0.25) is 0 Å². The van der Waals surface area contributed by atoms with E-state index in [-0.39, 0.29) is 5.43 Å². The van der Waals surface area contributed by atoms with E-state index in [2.05, 4.69) is 4.98 Å². The summed E-state index contributed by atoms with van der Waals surface area (Å²) < 4.78 is 5.23. The maximum absolute atomic E-state index is 12.5. The standard InChI is InChI=1S/C14H13ClN2O2/c1-8-9(4-3-7-16)14(18)12-10(15)5-6-11(19-2)13(12)17-8/h5-6H,3-4H2,1-2H3,(H,17,18). The molecule has 0 saturated carbocycles. The molecule has 0 aliphatic rings. The Morgan fingerprint density at radius 1 is 1.47 bits per heavy atom. The average molecular weight is 277 g/mol. The molecule has 1 aromatic heterocycles. The Bertz CT molecular complexity index is 729. The summed E-state index contributed by atoms with van der Waals surface area (Å²) >= 11 is 6.11. The summed E-state index contributed by atoms with van der Waals surface area (Å²) in [6.45, 7) is 1.81. The van der Waals surface area contributed by atoms with Crippen LogP contribution in [0, 0.1) is 18.3 Å². The number of methoxy groups -OCH3 is 1. The van der Waals surface area contributed by atoms with Crippen LogP contribution in [0.25, 0.3) is 10.9 Å². The number of aromatic nitrogens is 1. The number of ether oxygens (including phenoxy) is 1. The smallest absolute Gasteiger partial charge is 0.194 e. The highest BCUT2D eigenvalue weighted by Crippen LogP contribution is 2.28. The summed E-state index contributed by atoms with van der Waals surface area (Å²) in [5.41, 5.74) is 1.81. The number of H-pyrrole nitrogens is 1. The van der Waals surface area contributed by atoms with Gasteiger partial charge in [0.15, 0.2) is 5.43 Å². The molecule has 5 heteroatoms. The van der Waals surface area contributed by atoms with Crippen LogP contribution in [0.3, 0.4) is 0 Å². The quantitative estimate of drug-likeness (QED) is 0.937. The van der Waals surface area contributed by atoms with Crippen LogP contribution in [0.5, 0.6) is 5.75 Å². The maximum Gasteiger partial charge on any atom is 0.194 e. The lowest BCUT2D eigenvalue weighted by Gasteiger charge is -2.11. The van der Waals surface area contributed by atoms with Crippen molar-refractivity contribution in [3.63, 3.8) is 0 Å².